The van der Waals surface area contributed by atoms with E-state index in [9.17, 15) is 0 Å². The number of fused-ring (bicyclic) bond motifs is 1. The van der Waals surface area contributed by atoms with Crippen molar-refractivity contribution in [1.29, 1.82) is 0 Å². The van der Waals surface area contributed by atoms with Crippen molar-refractivity contribution >= 4 is 28.2 Å². The van der Waals surface area contributed by atoms with Gasteiger partial charge in [-0.1, -0.05) is 0 Å². The predicted molar refractivity (Wildman–Crippen MR) is 127 cm³/mol. The Bertz CT molecular complexity index is 1030. The number of piperazine rings is 1. The number of aryl methyl sites for hydroxylation is 2. The van der Waals surface area contributed by atoms with Gasteiger partial charge in [-0.15, -0.1) is 0 Å². The summed E-state index contributed by atoms with van der Waals surface area (Å²) in [5.41, 5.74) is 3.62. The van der Waals surface area contributed by atoms with E-state index in [0.29, 0.717) is 0 Å². The van der Waals surface area contributed by atoms with Gasteiger partial charge in [-0.05, 0) is 45.0 Å². The van der Waals surface area contributed by atoms with E-state index in [4.69, 9.17) is 0 Å². The fraction of sp³-hybridized carbons (Fsp3) is 0.500. The maximum absolute atomic E-state index is 4.66. The van der Waals surface area contributed by atoms with E-state index in [-0.39, 0.29) is 0 Å². The lowest BCUT2D eigenvalue weighted by Gasteiger charge is -2.42. The molecule has 164 valence electrons. The smallest absolute Gasteiger partial charge is 0.133 e. The second kappa shape index (κ2) is 8.48. The Morgan fingerprint density at radius 3 is 2.32 bits per heavy atom. The molecule has 2 aliphatic rings. The van der Waals surface area contributed by atoms with Crippen molar-refractivity contribution in [2.45, 2.75) is 25.8 Å². The van der Waals surface area contributed by atoms with Gasteiger partial charge in [-0.2, -0.15) is 0 Å². The van der Waals surface area contributed by atoms with Gasteiger partial charge in [0.15, 0.2) is 0 Å². The Morgan fingerprint density at radius 2 is 1.61 bits per heavy atom. The van der Waals surface area contributed by atoms with Crippen LogP contribution < -0.4 is 10.2 Å². The Hall–Kier alpha value is -2.64. The molecule has 0 saturated carbocycles. The molecule has 5 rings (SSSR count). The first-order chi connectivity index (χ1) is 15.1. The van der Waals surface area contributed by atoms with Crippen molar-refractivity contribution in [3.8, 4) is 0 Å². The molecule has 2 fully saturated rings. The lowest BCUT2D eigenvalue weighted by molar-refractivity contribution is 0.0982. The fourth-order valence-electron chi connectivity index (χ4n) is 4.89. The Kier molecular flexibility index (Phi) is 5.54. The number of nitrogens with zero attached hydrogens (tertiary/aromatic N) is 6. The van der Waals surface area contributed by atoms with Crippen LogP contribution in [0.5, 0.6) is 0 Å². The summed E-state index contributed by atoms with van der Waals surface area (Å²) in [6.07, 6.45) is 6.39. The van der Waals surface area contributed by atoms with E-state index < -0.39 is 0 Å². The number of rotatable bonds is 4. The summed E-state index contributed by atoms with van der Waals surface area (Å²) in [5.74, 6) is 1.65. The molecule has 0 bridgehead atoms. The normalized spacial score (nSPS) is 19.3. The molecule has 3 aromatic heterocycles. The molecule has 7 heteroatoms. The molecular weight excluding hydrogens is 386 g/mol. The zero-order valence-corrected chi connectivity index (χ0v) is 18.9. The maximum Gasteiger partial charge on any atom is 0.133 e. The lowest BCUT2D eigenvalue weighted by atomic mass is 10.0. The minimum Gasteiger partial charge on any atom is -0.370 e. The van der Waals surface area contributed by atoms with Gasteiger partial charge >= 0.3 is 0 Å². The van der Waals surface area contributed by atoms with Crippen LogP contribution in [0.15, 0.2) is 36.7 Å². The van der Waals surface area contributed by atoms with Crippen molar-refractivity contribution in [2.24, 2.45) is 7.05 Å². The fourth-order valence-corrected chi connectivity index (χ4v) is 4.89. The van der Waals surface area contributed by atoms with E-state index in [1.807, 2.05) is 12.4 Å². The van der Waals surface area contributed by atoms with Gasteiger partial charge in [0, 0.05) is 75.7 Å². The zero-order chi connectivity index (χ0) is 21.4. The molecule has 3 aromatic rings. The van der Waals surface area contributed by atoms with Crippen molar-refractivity contribution < 1.29 is 0 Å². The second-order valence-corrected chi connectivity index (χ2v) is 9.06. The second-order valence-electron chi connectivity index (χ2n) is 9.06. The van der Waals surface area contributed by atoms with Gasteiger partial charge in [-0.3, -0.25) is 4.90 Å². The largest absolute Gasteiger partial charge is 0.370 e. The van der Waals surface area contributed by atoms with Gasteiger partial charge in [0.2, 0.25) is 0 Å². The average Bonchev–Trinajstić information content (AvgIpc) is 3.08. The van der Waals surface area contributed by atoms with Crippen LogP contribution in [-0.2, 0) is 7.05 Å². The topological polar surface area (TPSA) is 52.5 Å². The third kappa shape index (κ3) is 4.25. The number of anilines is 3. The van der Waals surface area contributed by atoms with Gasteiger partial charge in [0.25, 0.3) is 0 Å². The molecule has 0 spiro atoms. The van der Waals surface area contributed by atoms with Gasteiger partial charge in [0.05, 0.1) is 17.4 Å². The third-order valence-corrected chi connectivity index (χ3v) is 7.05. The average molecular weight is 420 g/mol. The summed E-state index contributed by atoms with van der Waals surface area (Å²) in [4.78, 5) is 16.8. The number of piperidine rings is 1. The van der Waals surface area contributed by atoms with Crippen LogP contribution in [0.2, 0.25) is 0 Å². The summed E-state index contributed by atoms with van der Waals surface area (Å²) in [5, 5.41) is 4.51. The standard InChI is InChI=1S/C24H33N7/c1-18-14-19-16-25-24(15-22(19)29(18)3)27-23-5-4-21(17-26-23)30-8-6-20(7-9-30)31-12-10-28(2)11-13-31/h4-5,14-17,20H,6-13H2,1-3H3,(H,25,26,27). The van der Waals surface area contributed by atoms with Crippen LogP contribution in [0, 0.1) is 6.92 Å². The molecule has 1 N–H and O–H groups in total. The highest BCUT2D eigenvalue weighted by atomic mass is 15.3. The molecule has 0 amide bonds. The van der Waals surface area contributed by atoms with Crippen molar-refractivity contribution in [3.63, 3.8) is 0 Å². The highest BCUT2D eigenvalue weighted by molar-refractivity contribution is 5.83. The van der Waals surface area contributed by atoms with Crippen LogP contribution in [0.1, 0.15) is 18.5 Å². The minimum absolute atomic E-state index is 0.737. The molecule has 5 heterocycles. The molecule has 0 radical (unpaired) electrons. The number of hydrogen-bond acceptors (Lipinski definition) is 6. The number of pyridine rings is 2. The van der Waals surface area contributed by atoms with Crippen molar-refractivity contribution in [2.75, 3.05) is 56.5 Å². The molecule has 0 aliphatic carbocycles. The molecule has 31 heavy (non-hydrogen) atoms. The van der Waals surface area contributed by atoms with Crippen LogP contribution in [0.4, 0.5) is 17.3 Å². The first kappa shape index (κ1) is 20.3. The summed E-state index contributed by atoms with van der Waals surface area (Å²) in [6.45, 7) is 9.15. The van der Waals surface area contributed by atoms with Crippen molar-refractivity contribution in [1.82, 2.24) is 24.3 Å². The molecule has 0 unspecified atom stereocenters. The first-order valence-electron chi connectivity index (χ1n) is 11.4. The van der Waals surface area contributed by atoms with E-state index in [1.165, 1.54) is 55.9 Å². The van der Waals surface area contributed by atoms with Gasteiger partial charge < -0.3 is 19.7 Å². The molecule has 7 nitrogen and oxygen atoms in total. The number of hydrogen-bond donors (Lipinski definition) is 1. The Balaban J connectivity index is 1.19. The van der Waals surface area contributed by atoms with Gasteiger partial charge in [0.1, 0.15) is 11.6 Å². The van der Waals surface area contributed by atoms with Crippen LogP contribution in [0.25, 0.3) is 10.9 Å². The van der Waals surface area contributed by atoms with Crippen LogP contribution in [-0.4, -0.2) is 76.7 Å². The first-order valence-corrected chi connectivity index (χ1v) is 11.4. The third-order valence-electron chi connectivity index (χ3n) is 7.05. The molecular formula is C24H33N7. The maximum atomic E-state index is 4.66. The summed E-state index contributed by atoms with van der Waals surface area (Å²) in [7, 11) is 4.31. The highest BCUT2D eigenvalue weighted by Gasteiger charge is 2.26. The van der Waals surface area contributed by atoms with E-state index in [0.717, 1.165) is 36.2 Å². The lowest BCUT2D eigenvalue weighted by Crippen LogP contribution is -2.52. The van der Waals surface area contributed by atoms with E-state index >= 15 is 0 Å². The predicted octanol–water partition coefficient (Wildman–Crippen LogP) is 3.24. The molecule has 2 aliphatic heterocycles. The molecule has 0 atom stereocenters. The molecule has 2 saturated heterocycles. The minimum atomic E-state index is 0.737. The SMILES string of the molecule is Cc1cc2cnc(Nc3ccc(N4CCC(N5CCN(C)CC5)CC4)cn3)cc2n1C. The summed E-state index contributed by atoms with van der Waals surface area (Å²) in [6, 6.07) is 9.22. The Labute approximate surface area is 184 Å². The van der Waals surface area contributed by atoms with Crippen LogP contribution >= 0.6 is 0 Å². The molecule has 0 aromatic carbocycles. The number of nitrogens with one attached hydrogen (secondary N) is 1. The summed E-state index contributed by atoms with van der Waals surface area (Å²) < 4.78 is 2.19. The number of aromatic nitrogens is 3. The number of likely N-dealkylation sites (N-methyl/N-ethyl adjacent to an activating group) is 1. The highest BCUT2D eigenvalue weighted by Crippen LogP contribution is 2.25. The monoisotopic (exact) mass is 419 g/mol. The van der Waals surface area contributed by atoms with Gasteiger partial charge in [-0.25, -0.2) is 9.97 Å². The zero-order valence-electron chi connectivity index (χ0n) is 18.9. The van der Waals surface area contributed by atoms with E-state index in [2.05, 4.69) is 79.8 Å². The van der Waals surface area contributed by atoms with Crippen LogP contribution in [0.3, 0.4) is 0 Å². The van der Waals surface area contributed by atoms with Crippen molar-refractivity contribution in [3.05, 3.63) is 42.4 Å². The summed E-state index contributed by atoms with van der Waals surface area (Å²) >= 11 is 0. The Morgan fingerprint density at radius 1 is 0.871 bits per heavy atom. The quantitative estimate of drug-likeness (QED) is 0.701. The van der Waals surface area contributed by atoms with E-state index in [1.54, 1.807) is 0 Å².